The number of hydrogen-bond acceptors (Lipinski definition) is 3. The molecule has 1 N–H and O–H groups in total. The van der Waals surface area contributed by atoms with Crippen molar-refractivity contribution in [2.75, 3.05) is 10.6 Å². The van der Waals surface area contributed by atoms with Gasteiger partial charge in [-0.25, -0.2) is 8.42 Å². The Bertz CT molecular complexity index is 993. The van der Waals surface area contributed by atoms with Gasteiger partial charge >= 0.3 is 6.18 Å². The van der Waals surface area contributed by atoms with Gasteiger partial charge in [-0.2, -0.15) is 13.2 Å². The van der Waals surface area contributed by atoms with Crippen LogP contribution < -0.4 is 9.62 Å². The van der Waals surface area contributed by atoms with Crippen molar-refractivity contribution in [2.24, 2.45) is 0 Å². The number of sulfonamides is 1. The molecular weight excluding hydrogens is 452 g/mol. The number of nitrogens with zero attached hydrogens (tertiary/aromatic N) is 1. The number of alkyl halides is 3. The van der Waals surface area contributed by atoms with Gasteiger partial charge < -0.3 is 5.32 Å². The maximum Gasteiger partial charge on any atom is 0.416 e. The molecule has 0 bridgehead atoms. The molecule has 2 aromatic carbocycles. The largest absolute Gasteiger partial charge is 0.416 e. The average Bonchev–Trinajstić information content (AvgIpc) is 2.57. The van der Waals surface area contributed by atoms with Gasteiger partial charge in [0.05, 0.1) is 17.5 Å². The second-order valence-electron chi connectivity index (χ2n) is 6.28. The molecule has 158 valence electrons. The molecule has 0 radical (unpaired) electrons. The van der Waals surface area contributed by atoms with E-state index in [2.05, 4.69) is 5.32 Å². The zero-order chi connectivity index (χ0) is 22.0. The predicted molar refractivity (Wildman–Crippen MR) is 107 cm³/mol. The molecule has 0 fully saturated rings. The fraction of sp³-hybridized carbons (Fsp3) is 0.278. The van der Waals surface area contributed by atoms with Crippen molar-refractivity contribution >= 4 is 44.8 Å². The third kappa shape index (κ3) is 6.25. The summed E-state index contributed by atoms with van der Waals surface area (Å²) in [6.45, 7) is 1.14. The molecule has 0 aliphatic carbocycles. The molecule has 11 heteroatoms. The normalized spacial score (nSPS) is 13.1. The maximum atomic E-state index is 12.8. The zero-order valence-corrected chi connectivity index (χ0v) is 17.6. The summed E-state index contributed by atoms with van der Waals surface area (Å²) in [4.78, 5) is 12.5. The van der Waals surface area contributed by atoms with Crippen LogP contribution in [0.15, 0.2) is 42.5 Å². The van der Waals surface area contributed by atoms with Crippen LogP contribution in [0.3, 0.4) is 0 Å². The standard InChI is InChI=1S/C18H17Cl2F3N2O3S/c1-11(25(29(2,27)28)16-8-14(19)7-15(20)9-16)17(26)24-10-12-4-3-5-13(6-12)18(21,22)23/h3-9,11H,10H2,1-2H3,(H,24,26)/t11-/m1/s1. The number of nitrogens with one attached hydrogen (secondary N) is 1. The summed E-state index contributed by atoms with van der Waals surface area (Å²) < 4.78 is 63.8. The summed E-state index contributed by atoms with van der Waals surface area (Å²) in [5.41, 5.74) is -0.535. The van der Waals surface area contributed by atoms with E-state index in [-0.39, 0.29) is 27.8 Å². The Balaban J connectivity index is 2.22. The van der Waals surface area contributed by atoms with Gasteiger partial charge in [0.25, 0.3) is 0 Å². The molecule has 29 heavy (non-hydrogen) atoms. The van der Waals surface area contributed by atoms with Crippen LogP contribution in [-0.4, -0.2) is 26.6 Å². The summed E-state index contributed by atoms with van der Waals surface area (Å²) in [5, 5.41) is 2.81. The molecule has 0 heterocycles. The molecule has 0 aliphatic rings. The number of rotatable bonds is 6. The molecule has 0 saturated heterocycles. The lowest BCUT2D eigenvalue weighted by atomic mass is 10.1. The number of hydrogen-bond donors (Lipinski definition) is 1. The summed E-state index contributed by atoms with van der Waals surface area (Å²) in [7, 11) is -3.90. The first-order chi connectivity index (χ1) is 13.3. The van der Waals surface area contributed by atoms with Crippen molar-refractivity contribution < 1.29 is 26.4 Å². The Labute approximate surface area is 176 Å². The van der Waals surface area contributed by atoms with Crippen LogP contribution in [0.25, 0.3) is 0 Å². The molecule has 0 spiro atoms. The zero-order valence-electron chi connectivity index (χ0n) is 15.3. The second-order valence-corrected chi connectivity index (χ2v) is 9.01. The van der Waals surface area contributed by atoms with Gasteiger partial charge in [-0.05, 0) is 42.8 Å². The van der Waals surface area contributed by atoms with Crippen LogP contribution in [0.2, 0.25) is 10.0 Å². The van der Waals surface area contributed by atoms with E-state index < -0.39 is 33.7 Å². The van der Waals surface area contributed by atoms with Crippen LogP contribution in [0, 0.1) is 0 Å². The molecule has 2 aromatic rings. The topological polar surface area (TPSA) is 66.5 Å². The van der Waals surface area contributed by atoms with Crippen molar-refractivity contribution in [1.82, 2.24) is 5.32 Å². The highest BCUT2D eigenvalue weighted by Gasteiger charge is 2.31. The number of anilines is 1. The average molecular weight is 469 g/mol. The molecule has 0 unspecified atom stereocenters. The summed E-state index contributed by atoms with van der Waals surface area (Å²) in [6.07, 6.45) is -3.59. The molecule has 1 amide bonds. The first-order valence-corrected chi connectivity index (χ1v) is 10.8. The monoisotopic (exact) mass is 468 g/mol. The lowest BCUT2D eigenvalue weighted by molar-refractivity contribution is -0.137. The Morgan fingerprint density at radius 3 is 2.24 bits per heavy atom. The Hall–Kier alpha value is -1.97. The molecule has 0 saturated carbocycles. The van der Waals surface area contributed by atoms with E-state index in [9.17, 15) is 26.4 Å². The fourth-order valence-corrected chi connectivity index (χ4v) is 4.34. The lowest BCUT2D eigenvalue weighted by Crippen LogP contribution is -2.47. The molecule has 2 rings (SSSR count). The smallest absolute Gasteiger partial charge is 0.350 e. The van der Waals surface area contributed by atoms with E-state index in [1.165, 1.54) is 37.3 Å². The van der Waals surface area contributed by atoms with Crippen LogP contribution in [0.4, 0.5) is 18.9 Å². The highest BCUT2D eigenvalue weighted by atomic mass is 35.5. The number of amides is 1. The van der Waals surface area contributed by atoms with Crippen LogP contribution in [0.5, 0.6) is 0 Å². The highest BCUT2D eigenvalue weighted by Crippen LogP contribution is 2.30. The van der Waals surface area contributed by atoms with Crippen LogP contribution in [-0.2, 0) is 27.5 Å². The van der Waals surface area contributed by atoms with Gasteiger partial charge in [0.15, 0.2) is 0 Å². The number of carbonyl (C=O) groups is 1. The van der Waals surface area contributed by atoms with E-state index in [1.807, 2.05) is 0 Å². The number of benzene rings is 2. The van der Waals surface area contributed by atoms with Crippen molar-refractivity contribution in [3.8, 4) is 0 Å². The number of carbonyl (C=O) groups excluding carboxylic acids is 1. The second kappa shape index (κ2) is 8.81. The van der Waals surface area contributed by atoms with Gasteiger partial charge in [-0.3, -0.25) is 9.10 Å². The summed E-state index contributed by atoms with van der Waals surface area (Å²) in [6, 6.07) is 7.36. The first kappa shape index (κ1) is 23.3. The maximum absolute atomic E-state index is 12.8. The fourth-order valence-electron chi connectivity index (χ4n) is 2.67. The van der Waals surface area contributed by atoms with E-state index >= 15 is 0 Å². The van der Waals surface area contributed by atoms with Gasteiger partial charge in [-0.1, -0.05) is 35.3 Å². The summed E-state index contributed by atoms with van der Waals surface area (Å²) in [5.74, 6) is -0.705. The van der Waals surface area contributed by atoms with Crippen molar-refractivity contribution in [3.63, 3.8) is 0 Å². The minimum Gasteiger partial charge on any atom is -0.350 e. The SMILES string of the molecule is C[C@H](C(=O)NCc1cccc(C(F)(F)F)c1)N(c1cc(Cl)cc(Cl)c1)S(C)(=O)=O. The van der Waals surface area contributed by atoms with Crippen molar-refractivity contribution in [2.45, 2.75) is 25.7 Å². The molecule has 1 atom stereocenters. The van der Waals surface area contributed by atoms with Gasteiger partial charge in [0, 0.05) is 16.6 Å². The minimum atomic E-state index is -4.51. The Morgan fingerprint density at radius 1 is 1.14 bits per heavy atom. The van der Waals surface area contributed by atoms with Crippen molar-refractivity contribution in [3.05, 3.63) is 63.6 Å². The number of halogens is 5. The van der Waals surface area contributed by atoms with Crippen molar-refractivity contribution in [1.29, 1.82) is 0 Å². The lowest BCUT2D eigenvalue weighted by Gasteiger charge is -2.28. The van der Waals surface area contributed by atoms with E-state index in [0.717, 1.165) is 22.7 Å². The highest BCUT2D eigenvalue weighted by molar-refractivity contribution is 7.92. The molecule has 0 aliphatic heterocycles. The third-order valence-electron chi connectivity index (χ3n) is 3.91. The minimum absolute atomic E-state index is 0.0896. The van der Waals surface area contributed by atoms with Gasteiger partial charge in [0.2, 0.25) is 15.9 Å². The third-order valence-corrected chi connectivity index (χ3v) is 5.59. The summed E-state index contributed by atoms with van der Waals surface area (Å²) >= 11 is 11.8. The van der Waals surface area contributed by atoms with Crippen LogP contribution >= 0.6 is 23.2 Å². The molecular formula is C18H17Cl2F3N2O3S. The predicted octanol–water partition coefficient (Wildman–Crippen LogP) is 4.48. The molecule has 5 nitrogen and oxygen atoms in total. The van der Waals surface area contributed by atoms with Gasteiger partial charge in [0.1, 0.15) is 6.04 Å². The van der Waals surface area contributed by atoms with Gasteiger partial charge in [-0.15, -0.1) is 0 Å². The Kier molecular flexibility index (Phi) is 7.08. The first-order valence-electron chi connectivity index (χ1n) is 8.18. The van der Waals surface area contributed by atoms with E-state index in [1.54, 1.807) is 0 Å². The Morgan fingerprint density at radius 2 is 1.72 bits per heavy atom. The van der Waals surface area contributed by atoms with E-state index in [0.29, 0.717) is 0 Å². The quantitative estimate of drug-likeness (QED) is 0.679. The molecule has 0 aromatic heterocycles. The van der Waals surface area contributed by atoms with Crippen LogP contribution in [0.1, 0.15) is 18.1 Å². The van der Waals surface area contributed by atoms with E-state index in [4.69, 9.17) is 23.2 Å².